The summed E-state index contributed by atoms with van der Waals surface area (Å²) in [6.45, 7) is 1.68. The van der Waals surface area contributed by atoms with E-state index in [1.807, 2.05) is 13.1 Å². The van der Waals surface area contributed by atoms with Crippen molar-refractivity contribution in [2.24, 2.45) is 5.92 Å². The predicted molar refractivity (Wildman–Crippen MR) is 74.2 cm³/mol. The molecule has 1 heterocycles. The molecule has 0 saturated carbocycles. The highest BCUT2D eigenvalue weighted by molar-refractivity contribution is 9.10. The van der Waals surface area contributed by atoms with Crippen LogP contribution in [-0.2, 0) is 11.2 Å². The molecule has 2 rings (SSSR count). The van der Waals surface area contributed by atoms with Gasteiger partial charge in [0.15, 0.2) is 0 Å². The molecule has 18 heavy (non-hydrogen) atoms. The van der Waals surface area contributed by atoms with Crippen LogP contribution in [0.5, 0.6) is 0 Å². The second-order valence-corrected chi connectivity index (χ2v) is 5.77. The van der Waals surface area contributed by atoms with Crippen molar-refractivity contribution in [3.63, 3.8) is 0 Å². The maximum absolute atomic E-state index is 13.3. The molecule has 0 aromatic heterocycles. The summed E-state index contributed by atoms with van der Waals surface area (Å²) in [6.07, 6.45) is 3.14. The molecule has 2 nitrogen and oxygen atoms in total. The van der Waals surface area contributed by atoms with Crippen LogP contribution in [-0.4, -0.2) is 26.3 Å². The van der Waals surface area contributed by atoms with E-state index >= 15 is 0 Å². The number of hydrogen-bond acceptors (Lipinski definition) is 2. The summed E-state index contributed by atoms with van der Waals surface area (Å²) in [7, 11) is 1.97. The van der Waals surface area contributed by atoms with Crippen LogP contribution in [0.1, 0.15) is 18.4 Å². The SMILES string of the molecule is CNC(Cc1cc(F)cc(Br)c1)C1CCCOC1. The molecular formula is C14H19BrFNO. The third-order valence-corrected chi connectivity index (χ3v) is 3.97. The van der Waals surface area contributed by atoms with E-state index in [-0.39, 0.29) is 5.82 Å². The fourth-order valence-corrected chi connectivity index (χ4v) is 3.08. The smallest absolute Gasteiger partial charge is 0.124 e. The lowest BCUT2D eigenvalue weighted by Crippen LogP contribution is -2.39. The zero-order chi connectivity index (χ0) is 13.0. The highest BCUT2D eigenvalue weighted by atomic mass is 79.9. The summed E-state index contributed by atoms with van der Waals surface area (Å²) in [6, 6.07) is 5.43. The molecule has 1 aliphatic heterocycles. The Bertz CT molecular complexity index is 373. The van der Waals surface area contributed by atoms with Gasteiger partial charge in [-0.15, -0.1) is 0 Å². The van der Waals surface area contributed by atoms with E-state index in [1.54, 1.807) is 6.07 Å². The third-order valence-electron chi connectivity index (χ3n) is 3.51. The van der Waals surface area contributed by atoms with Crippen LogP contribution in [0.3, 0.4) is 0 Å². The van der Waals surface area contributed by atoms with Gasteiger partial charge in [-0.1, -0.05) is 15.9 Å². The number of nitrogens with one attached hydrogen (secondary N) is 1. The van der Waals surface area contributed by atoms with Crippen LogP contribution in [0.15, 0.2) is 22.7 Å². The normalized spacial score (nSPS) is 21.8. The first-order valence-electron chi connectivity index (χ1n) is 6.39. The van der Waals surface area contributed by atoms with E-state index in [0.717, 1.165) is 36.1 Å². The Labute approximate surface area is 116 Å². The van der Waals surface area contributed by atoms with E-state index in [4.69, 9.17) is 4.74 Å². The van der Waals surface area contributed by atoms with E-state index in [9.17, 15) is 4.39 Å². The number of rotatable bonds is 4. The van der Waals surface area contributed by atoms with Gasteiger partial charge in [0.2, 0.25) is 0 Å². The Morgan fingerprint density at radius 3 is 2.94 bits per heavy atom. The number of likely N-dealkylation sites (N-methyl/N-ethyl adjacent to an activating group) is 1. The van der Waals surface area contributed by atoms with Crippen LogP contribution in [0.2, 0.25) is 0 Å². The van der Waals surface area contributed by atoms with E-state index in [2.05, 4.69) is 21.2 Å². The van der Waals surface area contributed by atoms with Crippen molar-refractivity contribution < 1.29 is 9.13 Å². The number of ether oxygens (including phenoxy) is 1. The van der Waals surface area contributed by atoms with Crippen molar-refractivity contribution in [2.75, 3.05) is 20.3 Å². The van der Waals surface area contributed by atoms with Crippen molar-refractivity contribution in [1.82, 2.24) is 5.32 Å². The largest absolute Gasteiger partial charge is 0.381 e. The molecule has 1 aromatic rings. The summed E-state index contributed by atoms with van der Waals surface area (Å²) in [5, 5.41) is 3.34. The summed E-state index contributed by atoms with van der Waals surface area (Å²) in [5.41, 5.74) is 1.02. The average molecular weight is 316 g/mol. The Morgan fingerprint density at radius 2 is 2.33 bits per heavy atom. The van der Waals surface area contributed by atoms with Gasteiger partial charge in [0.1, 0.15) is 5.82 Å². The second kappa shape index (κ2) is 6.64. The minimum absolute atomic E-state index is 0.186. The first-order valence-corrected chi connectivity index (χ1v) is 7.18. The number of hydrogen-bond donors (Lipinski definition) is 1. The van der Waals surface area contributed by atoms with Crippen LogP contribution < -0.4 is 5.32 Å². The molecule has 0 bridgehead atoms. The fraction of sp³-hybridized carbons (Fsp3) is 0.571. The molecule has 1 N–H and O–H groups in total. The van der Waals surface area contributed by atoms with Crippen molar-refractivity contribution in [1.29, 1.82) is 0 Å². The van der Waals surface area contributed by atoms with Gasteiger partial charge in [0.25, 0.3) is 0 Å². The molecule has 1 aromatic carbocycles. The van der Waals surface area contributed by atoms with Crippen molar-refractivity contribution in [2.45, 2.75) is 25.3 Å². The van der Waals surface area contributed by atoms with Crippen LogP contribution >= 0.6 is 15.9 Å². The van der Waals surface area contributed by atoms with Gasteiger partial charge in [-0.05, 0) is 56.0 Å². The van der Waals surface area contributed by atoms with Gasteiger partial charge in [-0.25, -0.2) is 4.39 Å². The molecule has 0 amide bonds. The van der Waals surface area contributed by atoms with E-state index in [1.165, 1.54) is 12.5 Å². The molecular weight excluding hydrogens is 297 g/mol. The van der Waals surface area contributed by atoms with Gasteiger partial charge < -0.3 is 10.1 Å². The third kappa shape index (κ3) is 3.77. The van der Waals surface area contributed by atoms with Crippen molar-refractivity contribution in [3.05, 3.63) is 34.1 Å². The summed E-state index contributed by atoms with van der Waals surface area (Å²) in [5.74, 6) is 0.333. The predicted octanol–water partition coefficient (Wildman–Crippen LogP) is 3.15. The number of halogens is 2. The zero-order valence-electron chi connectivity index (χ0n) is 10.6. The molecule has 4 heteroatoms. The first kappa shape index (κ1) is 14.0. The monoisotopic (exact) mass is 315 g/mol. The molecule has 0 spiro atoms. The second-order valence-electron chi connectivity index (χ2n) is 4.85. The van der Waals surface area contributed by atoms with Crippen LogP contribution in [0.25, 0.3) is 0 Å². The van der Waals surface area contributed by atoms with Gasteiger partial charge in [-0.2, -0.15) is 0 Å². The highest BCUT2D eigenvalue weighted by Gasteiger charge is 2.23. The lowest BCUT2D eigenvalue weighted by atomic mass is 9.89. The van der Waals surface area contributed by atoms with Crippen LogP contribution in [0, 0.1) is 11.7 Å². The minimum Gasteiger partial charge on any atom is -0.381 e. The quantitative estimate of drug-likeness (QED) is 0.921. The van der Waals surface area contributed by atoms with Crippen molar-refractivity contribution in [3.8, 4) is 0 Å². The average Bonchev–Trinajstić information content (AvgIpc) is 2.36. The van der Waals surface area contributed by atoms with E-state index in [0.29, 0.717) is 12.0 Å². The Balaban J connectivity index is 2.04. The molecule has 1 saturated heterocycles. The topological polar surface area (TPSA) is 21.3 Å². The minimum atomic E-state index is -0.186. The summed E-state index contributed by atoms with van der Waals surface area (Å²) < 4.78 is 19.7. The summed E-state index contributed by atoms with van der Waals surface area (Å²) in [4.78, 5) is 0. The first-order chi connectivity index (χ1) is 8.69. The van der Waals surface area contributed by atoms with Crippen LogP contribution in [0.4, 0.5) is 4.39 Å². The highest BCUT2D eigenvalue weighted by Crippen LogP contribution is 2.22. The standard InChI is InChI=1S/C14H19BrFNO/c1-17-14(11-3-2-4-18-9-11)7-10-5-12(15)8-13(16)6-10/h5-6,8,11,14,17H,2-4,7,9H2,1H3. The molecule has 100 valence electrons. The summed E-state index contributed by atoms with van der Waals surface area (Å²) >= 11 is 3.34. The maximum Gasteiger partial charge on any atom is 0.124 e. The molecule has 2 atom stereocenters. The van der Waals surface area contributed by atoms with Crippen molar-refractivity contribution >= 4 is 15.9 Å². The lowest BCUT2D eigenvalue weighted by Gasteiger charge is -2.30. The molecule has 2 unspecified atom stereocenters. The van der Waals surface area contributed by atoms with Gasteiger partial charge in [0.05, 0.1) is 6.61 Å². The molecule has 1 aliphatic rings. The lowest BCUT2D eigenvalue weighted by molar-refractivity contribution is 0.0405. The zero-order valence-corrected chi connectivity index (χ0v) is 12.2. The molecule has 0 aliphatic carbocycles. The van der Waals surface area contributed by atoms with E-state index < -0.39 is 0 Å². The van der Waals surface area contributed by atoms with Gasteiger partial charge in [-0.3, -0.25) is 0 Å². The molecule has 0 radical (unpaired) electrons. The maximum atomic E-state index is 13.3. The number of benzene rings is 1. The Hall–Kier alpha value is -0.450. The van der Waals surface area contributed by atoms with Gasteiger partial charge >= 0.3 is 0 Å². The van der Waals surface area contributed by atoms with Gasteiger partial charge in [0, 0.05) is 17.1 Å². The Kier molecular flexibility index (Phi) is 5.15. The molecule has 1 fully saturated rings. The Morgan fingerprint density at radius 1 is 1.50 bits per heavy atom. The fourth-order valence-electron chi connectivity index (χ4n) is 2.57.